The van der Waals surface area contributed by atoms with Gasteiger partial charge in [0, 0.05) is 39.2 Å². The largest absolute Gasteiger partial charge is 0.503 e. The molecule has 10 heteroatoms. The van der Waals surface area contributed by atoms with Crippen molar-refractivity contribution < 1.29 is 28.6 Å². The lowest BCUT2D eigenvalue weighted by molar-refractivity contribution is 0.0664. The zero-order chi connectivity index (χ0) is 24.8. The van der Waals surface area contributed by atoms with Crippen molar-refractivity contribution in [1.82, 2.24) is 9.47 Å². The summed E-state index contributed by atoms with van der Waals surface area (Å²) in [4.78, 5) is 40.0. The zero-order valence-electron chi connectivity index (χ0n) is 19.2. The Morgan fingerprint density at radius 2 is 2.09 bits per heavy atom. The van der Waals surface area contributed by atoms with E-state index in [0.29, 0.717) is 26.2 Å². The number of carbonyl (C=O) groups is 2. The second kappa shape index (κ2) is 9.03. The van der Waals surface area contributed by atoms with E-state index in [2.05, 4.69) is 0 Å². The maximum atomic E-state index is 14.6. The van der Waals surface area contributed by atoms with Crippen LogP contribution in [0, 0.1) is 11.7 Å². The van der Waals surface area contributed by atoms with Crippen LogP contribution in [-0.4, -0.2) is 60.2 Å². The smallest absolute Gasteiger partial charge is 0.274 e. The van der Waals surface area contributed by atoms with E-state index < -0.39 is 34.2 Å². The molecule has 1 aromatic carbocycles. The molecule has 1 amide bonds. The van der Waals surface area contributed by atoms with Crippen LogP contribution in [-0.2, 0) is 16.7 Å². The Kier molecular flexibility index (Phi) is 6.44. The third kappa shape index (κ3) is 3.86. The Morgan fingerprint density at radius 1 is 1.35 bits per heavy atom. The van der Waals surface area contributed by atoms with Gasteiger partial charge < -0.3 is 24.0 Å². The van der Waals surface area contributed by atoms with Crippen LogP contribution in [0.25, 0.3) is 0 Å². The molecule has 1 aliphatic heterocycles. The highest BCUT2D eigenvalue weighted by atomic mass is 35.5. The number of fused-ring (bicyclic) bond motifs is 2. The number of aromatic hydroxyl groups is 1. The summed E-state index contributed by atoms with van der Waals surface area (Å²) in [5, 5.41) is 10.5. The van der Waals surface area contributed by atoms with Crippen molar-refractivity contribution in [2.75, 3.05) is 33.9 Å². The van der Waals surface area contributed by atoms with Gasteiger partial charge in [-0.25, -0.2) is 4.39 Å². The first kappa shape index (κ1) is 24.2. The van der Waals surface area contributed by atoms with E-state index in [-0.39, 0.29) is 46.4 Å². The fraction of sp³-hybridized carbons (Fsp3) is 0.458. The number of methoxy groups -OCH3 is 1. The van der Waals surface area contributed by atoms with Gasteiger partial charge in [-0.2, -0.15) is 0 Å². The van der Waals surface area contributed by atoms with Crippen molar-refractivity contribution >= 4 is 23.3 Å². The number of halogens is 2. The first-order chi connectivity index (χ1) is 16.2. The van der Waals surface area contributed by atoms with E-state index in [1.807, 2.05) is 0 Å². The molecule has 34 heavy (non-hydrogen) atoms. The molecule has 182 valence electrons. The minimum absolute atomic E-state index is 0.00213. The molecular weight excluding hydrogens is 467 g/mol. The van der Waals surface area contributed by atoms with Gasteiger partial charge >= 0.3 is 0 Å². The van der Waals surface area contributed by atoms with Gasteiger partial charge in [-0.3, -0.25) is 14.4 Å². The molecule has 2 atom stereocenters. The lowest BCUT2D eigenvalue weighted by Crippen LogP contribution is -2.48. The molecule has 4 rings (SSSR count). The number of nitrogens with zero attached hydrogens (tertiary/aromatic N) is 2. The molecule has 2 heterocycles. The first-order valence-corrected chi connectivity index (χ1v) is 11.4. The number of Topliss-reactive ketones (excluding diaryl/α,β-unsaturated/α-hetero) is 1. The summed E-state index contributed by atoms with van der Waals surface area (Å²) in [6.45, 7) is 2.89. The zero-order valence-corrected chi connectivity index (χ0v) is 19.9. The van der Waals surface area contributed by atoms with E-state index in [1.54, 1.807) is 25.6 Å². The molecule has 1 aromatic heterocycles. The number of amides is 1. The van der Waals surface area contributed by atoms with Gasteiger partial charge in [0.05, 0.1) is 24.3 Å². The fourth-order valence-corrected chi connectivity index (χ4v) is 5.02. The van der Waals surface area contributed by atoms with Crippen LogP contribution in [0.5, 0.6) is 11.5 Å². The topological polar surface area (TPSA) is 98.1 Å². The number of rotatable bonds is 8. The molecular formula is C24H26ClFN2O6. The molecule has 2 unspecified atom stereocenters. The highest BCUT2D eigenvalue weighted by Gasteiger charge is 2.60. The molecule has 1 saturated carbocycles. The van der Waals surface area contributed by atoms with Crippen molar-refractivity contribution in [1.29, 1.82) is 0 Å². The van der Waals surface area contributed by atoms with Crippen molar-refractivity contribution in [2.24, 2.45) is 5.92 Å². The molecule has 2 aliphatic rings. The standard InChI is InChI=1S/C24H26ClFN2O6/c1-4-34-17-8-6-13(19(26)18(17)25)5-7-16(29)15-10-28-20(22(31)21(15)30)23(32)27(2)12-24(28)9-14(24)11-33-3/h6,8,10,14,31H,4-5,7,9,11-12H2,1-3H3. The summed E-state index contributed by atoms with van der Waals surface area (Å²) in [6.07, 6.45) is 1.86. The van der Waals surface area contributed by atoms with Crippen molar-refractivity contribution in [3.63, 3.8) is 0 Å². The fourth-order valence-electron chi connectivity index (χ4n) is 4.78. The predicted molar refractivity (Wildman–Crippen MR) is 123 cm³/mol. The Hall–Kier alpha value is -2.91. The Morgan fingerprint density at radius 3 is 2.76 bits per heavy atom. The lowest BCUT2D eigenvalue weighted by Gasteiger charge is -2.35. The number of aromatic nitrogens is 1. The van der Waals surface area contributed by atoms with Gasteiger partial charge in [0.2, 0.25) is 5.43 Å². The summed E-state index contributed by atoms with van der Waals surface area (Å²) in [5.74, 6) is -2.21. The van der Waals surface area contributed by atoms with Crippen molar-refractivity contribution in [3.05, 3.63) is 56.2 Å². The molecule has 1 N–H and O–H groups in total. The maximum Gasteiger partial charge on any atom is 0.274 e. The van der Waals surface area contributed by atoms with Crippen LogP contribution < -0.4 is 10.2 Å². The van der Waals surface area contributed by atoms with Gasteiger partial charge in [0.25, 0.3) is 5.91 Å². The van der Waals surface area contributed by atoms with E-state index in [1.165, 1.54) is 23.2 Å². The Balaban J connectivity index is 1.65. The van der Waals surface area contributed by atoms with E-state index in [0.717, 1.165) is 0 Å². The van der Waals surface area contributed by atoms with Crippen LogP contribution >= 0.6 is 11.6 Å². The number of likely N-dealkylation sites (N-methyl/N-ethyl adjacent to an activating group) is 1. The van der Waals surface area contributed by atoms with Gasteiger partial charge in [-0.1, -0.05) is 17.7 Å². The SMILES string of the molecule is CCOc1ccc(CCC(=O)c2cn3c(c(O)c2=O)C(=O)N(C)CC32CC2COC)c(F)c1Cl. The highest BCUT2D eigenvalue weighted by Crippen LogP contribution is 2.53. The first-order valence-electron chi connectivity index (χ1n) is 11.0. The van der Waals surface area contributed by atoms with E-state index in [4.69, 9.17) is 21.1 Å². The molecule has 0 bridgehead atoms. The minimum atomic E-state index is -0.913. The number of benzene rings is 1. The molecule has 0 radical (unpaired) electrons. The summed E-state index contributed by atoms with van der Waals surface area (Å²) >= 11 is 6.02. The van der Waals surface area contributed by atoms with Crippen molar-refractivity contribution in [3.8, 4) is 11.5 Å². The molecule has 1 spiro atoms. The number of aryl methyl sites for hydroxylation is 1. The van der Waals surface area contributed by atoms with Gasteiger partial charge in [-0.15, -0.1) is 0 Å². The normalized spacial score (nSPS) is 21.0. The average molecular weight is 493 g/mol. The minimum Gasteiger partial charge on any atom is -0.503 e. The average Bonchev–Trinajstić information content (AvgIpc) is 3.49. The van der Waals surface area contributed by atoms with Crippen LogP contribution in [0.1, 0.15) is 46.2 Å². The van der Waals surface area contributed by atoms with E-state index >= 15 is 0 Å². The summed E-state index contributed by atoms with van der Waals surface area (Å²) in [6, 6.07) is 3.02. The van der Waals surface area contributed by atoms with E-state index in [9.17, 15) is 23.9 Å². The second-order valence-corrected chi connectivity index (χ2v) is 9.15. The van der Waals surface area contributed by atoms with Crippen LogP contribution in [0.15, 0.2) is 23.1 Å². The van der Waals surface area contributed by atoms with Crippen LogP contribution in [0.2, 0.25) is 5.02 Å². The number of ketones is 1. The predicted octanol–water partition coefficient (Wildman–Crippen LogP) is 3.01. The molecule has 1 fully saturated rings. The third-order valence-corrected chi connectivity index (χ3v) is 6.99. The van der Waals surface area contributed by atoms with Crippen molar-refractivity contribution in [2.45, 2.75) is 31.7 Å². The summed E-state index contributed by atoms with van der Waals surface area (Å²) < 4.78 is 26.7. The number of pyridine rings is 1. The van der Waals surface area contributed by atoms with Crippen LogP contribution in [0.3, 0.4) is 0 Å². The third-order valence-electron chi connectivity index (χ3n) is 6.64. The number of ether oxygens (including phenoxy) is 2. The molecule has 8 nitrogen and oxygen atoms in total. The summed E-state index contributed by atoms with van der Waals surface area (Å²) in [5.41, 5.74) is -1.62. The maximum absolute atomic E-state index is 14.6. The second-order valence-electron chi connectivity index (χ2n) is 8.77. The highest BCUT2D eigenvalue weighted by molar-refractivity contribution is 6.32. The van der Waals surface area contributed by atoms with Crippen LogP contribution in [0.4, 0.5) is 4.39 Å². The Labute approximate surface area is 200 Å². The lowest BCUT2D eigenvalue weighted by atomic mass is 10.00. The van der Waals surface area contributed by atoms with Gasteiger partial charge in [0.15, 0.2) is 17.2 Å². The quantitative estimate of drug-likeness (QED) is 0.569. The molecule has 2 aromatic rings. The summed E-state index contributed by atoms with van der Waals surface area (Å²) in [7, 11) is 3.18. The number of hydrogen-bond donors (Lipinski definition) is 1. The molecule has 0 saturated heterocycles. The molecule has 1 aliphatic carbocycles. The number of hydrogen-bond acceptors (Lipinski definition) is 6. The Bertz CT molecular complexity index is 1230. The monoisotopic (exact) mass is 492 g/mol. The van der Waals surface area contributed by atoms with Gasteiger partial charge in [0.1, 0.15) is 16.6 Å². The van der Waals surface area contributed by atoms with Gasteiger partial charge in [-0.05, 0) is 31.4 Å². The number of carbonyl (C=O) groups excluding carboxylic acids is 2.